The molecule has 1 aliphatic heterocycles. The van der Waals surface area contributed by atoms with Gasteiger partial charge in [0.05, 0.1) is 7.11 Å². The summed E-state index contributed by atoms with van der Waals surface area (Å²) in [6, 6.07) is 12.7. The van der Waals surface area contributed by atoms with Crippen molar-refractivity contribution in [1.29, 1.82) is 0 Å². The van der Waals surface area contributed by atoms with Crippen LogP contribution in [0.1, 0.15) is 50.8 Å². The number of carbonyl (C=O) groups excluding carboxylic acids is 3. The highest BCUT2D eigenvalue weighted by atomic mass is 16.6. The number of carbonyl (C=O) groups is 3. The first-order valence-electron chi connectivity index (χ1n) is 11.4. The van der Waals surface area contributed by atoms with Crippen LogP contribution in [0.2, 0.25) is 0 Å². The van der Waals surface area contributed by atoms with Gasteiger partial charge >= 0.3 is 6.09 Å². The van der Waals surface area contributed by atoms with Gasteiger partial charge in [0.2, 0.25) is 5.91 Å². The predicted molar refractivity (Wildman–Crippen MR) is 130 cm³/mol. The summed E-state index contributed by atoms with van der Waals surface area (Å²) in [5.41, 5.74) is 1.60. The Hall–Kier alpha value is -3.55. The normalized spacial score (nSPS) is 16.5. The van der Waals surface area contributed by atoms with Crippen molar-refractivity contribution in [2.24, 2.45) is 0 Å². The minimum atomic E-state index is -0.934. The topological polar surface area (TPSA) is 97.0 Å². The molecular weight excluding hydrogens is 434 g/mol. The third-order valence-electron chi connectivity index (χ3n) is 5.50. The second kappa shape index (κ2) is 10.6. The largest absolute Gasteiger partial charge is 0.497 e. The Labute approximate surface area is 200 Å². The maximum absolute atomic E-state index is 13.3. The van der Waals surface area contributed by atoms with E-state index < -0.39 is 23.8 Å². The van der Waals surface area contributed by atoms with Crippen LogP contribution in [0, 0.1) is 6.92 Å². The smallest absolute Gasteiger partial charge is 0.410 e. The standard InChI is InChI=1S/C26H33N3O5/c1-17-8-10-18(11-9-17)22(24(31)27-19-12-14-20(33-5)15-13-19)28-23(30)21-7-6-16-29(21)25(32)34-26(2,3)4/h8-15,21-22H,6-7,16H2,1-5H3,(H,27,31)(H,28,30). The molecule has 1 saturated heterocycles. The van der Waals surface area contributed by atoms with Crippen LogP contribution >= 0.6 is 0 Å². The van der Waals surface area contributed by atoms with Gasteiger partial charge in [0.25, 0.3) is 5.91 Å². The summed E-state index contributed by atoms with van der Waals surface area (Å²) in [5.74, 6) is -0.104. The number of nitrogens with one attached hydrogen (secondary N) is 2. The van der Waals surface area contributed by atoms with Crippen molar-refractivity contribution in [1.82, 2.24) is 10.2 Å². The van der Waals surface area contributed by atoms with E-state index in [2.05, 4.69) is 10.6 Å². The average molecular weight is 468 g/mol. The molecule has 2 unspecified atom stereocenters. The molecule has 1 aliphatic rings. The van der Waals surface area contributed by atoms with Gasteiger partial charge in [-0.25, -0.2) is 4.79 Å². The number of aryl methyl sites for hydroxylation is 1. The Balaban J connectivity index is 1.79. The number of amides is 3. The number of anilines is 1. The summed E-state index contributed by atoms with van der Waals surface area (Å²) in [6.07, 6.45) is 0.663. The maximum Gasteiger partial charge on any atom is 0.410 e. The highest BCUT2D eigenvalue weighted by Gasteiger charge is 2.38. The molecule has 2 aromatic carbocycles. The number of nitrogens with zero attached hydrogens (tertiary/aromatic N) is 1. The summed E-state index contributed by atoms with van der Waals surface area (Å²) in [6.45, 7) is 7.74. The quantitative estimate of drug-likeness (QED) is 0.664. The van der Waals surface area contributed by atoms with Gasteiger partial charge in [-0.2, -0.15) is 0 Å². The fraction of sp³-hybridized carbons (Fsp3) is 0.423. The molecule has 1 heterocycles. The van der Waals surface area contributed by atoms with Gasteiger partial charge in [-0.3, -0.25) is 14.5 Å². The predicted octanol–water partition coefficient (Wildman–Crippen LogP) is 4.20. The number of benzene rings is 2. The van der Waals surface area contributed by atoms with Crippen LogP contribution in [0.25, 0.3) is 0 Å². The van der Waals surface area contributed by atoms with E-state index >= 15 is 0 Å². The third kappa shape index (κ3) is 6.50. The Bertz CT molecular complexity index is 1010. The lowest BCUT2D eigenvalue weighted by Gasteiger charge is -2.29. The van der Waals surface area contributed by atoms with Gasteiger partial charge < -0.3 is 20.1 Å². The zero-order valence-corrected chi connectivity index (χ0v) is 20.4. The summed E-state index contributed by atoms with van der Waals surface area (Å²) in [5, 5.41) is 5.71. The first-order chi connectivity index (χ1) is 16.1. The minimum absolute atomic E-state index is 0.385. The molecule has 8 heteroatoms. The van der Waals surface area contributed by atoms with Crippen LogP contribution in [-0.4, -0.2) is 48.1 Å². The molecule has 2 atom stereocenters. The SMILES string of the molecule is COc1ccc(NC(=O)C(NC(=O)C2CCCN2C(=O)OC(C)(C)C)c2ccc(C)cc2)cc1. The zero-order chi connectivity index (χ0) is 24.9. The fourth-order valence-electron chi connectivity index (χ4n) is 3.76. The first-order valence-corrected chi connectivity index (χ1v) is 11.4. The lowest BCUT2D eigenvalue weighted by molar-refractivity contribution is -0.129. The molecule has 3 rings (SSSR count). The van der Waals surface area contributed by atoms with Gasteiger partial charge in [-0.15, -0.1) is 0 Å². The molecule has 0 saturated carbocycles. The lowest BCUT2D eigenvalue weighted by Crippen LogP contribution is -2.49. The van der Waals surface area contributed by atoms with Gasteiger partial charge in [-0.1, -0.05) is 29.8 Å². The molecule has 1 fully saturated rings. The zero-order valence-electron chi connectivity index (χ0n) is 20.4. The van der Waals surface area contributed by atoms with E-state index in [1.807, 2.05) is 31.2 Å². The molecule has 8 nitrogen and oxygen atoms in total. The minimum Gasteiger partial charge on any atom is -0.497 e. The molecule has 182 valence electrons. The summed E-state index contributed by atoms with van der Waals surface area (Å²) in [4.78, 5) is 40.6. The van der Waals surface area contributed by atoms with E-state index in [9.17, 15) is 14.4 Å². The van der Waals surface area contributed by atoms with Crippen molar-refractivity contribution in [3.8, 4) is 5.75 Å². The Morgan fingerprint density at radius 3 is 2.26 bits per heavy atom. The van der Waals surface area contributed by atoms with Gasteiger partial charge in [-0.05, 0) is 70.4 Å². The van der Waals surface area contributed by atoms with Crippen molar-refractivity contribution < 1.29 is 23.9 Å². The second-order valence-corrected chi connectivity index (χ2v) is 9.40. The highest BCUT2D eigenvalue weighted by Crippen LogP contribution is 2.24. The number of hydrogen-bond acceptors (Lipinski definition) is 5. The molecule has 0 aromatic heterocycles. The van der Waals surface area contributed by atoms with E-state index in [4.69, 9.17) is 9.47 Å². The van der Waals surface area contributed by atoms with Crippen molar-refractivity contribution in [2.75, 3.05) is 19.0 Å². The average Bonchev–Trinajstić information content (AvgIpc) is 3.28. The Morgan fingerprint density at radius 1 is 1.03 bits per heavy atom. The summed E-state index contributed by atoms with van der Waals surface area (Å²) >= 11 is 0. The van der Waals surface area contributed by atoms with E-state index in [1.54, 1.807) is 52.1 Å². The Kier molecular flexibility index (Phi) is 7.81. The van der Waals surface area contributed by atoms with Crippen LogP contribution in [0.5, 0.6) is 5.75 Å². The van der Waals surface area contributed by atoms with Gasteiger partial charge in [0.1, 0.15) is 23.4 Å². The maximum atomic E-state index is 13.3. The number of rotatable bonds is 6. The van der Waals surface area contributed by atoms with Gasteiger partial charge in [0.15, 0.2) is 0 Å². The molecule has 0 radical (unpaired) electrons. The highest BCUT2D eigenvalue weighted by molar-refractivity contribution is 5.99. The molecule has 0 aliphatic carbocycles. The monoisotopic (exact) mass is 467 g/mol. The van der Waals surface area contributed by atoms with Crippen molar-refractivity contribution in [3.05, 3.63) is 59.7 Å². The molecule has 0 spiro atoms. The molecule has 2 aromatic rings. The van der Waals surface area contributed by atoms with Crippen LogP contribution in [0.4, 0.5) is 10.5 Å². The molecule has 2 N–H and O–H groups in total. The van der Waals surface area contributed by atoms with E-state index in [-0.39, 0.29) is 11.8 Å². The molecule has 3 amide bonds. The van der Waals surface area contributed by atoms with Crippen molar-refractivity contribution >= 4 is 23.6 Å². The number of ether oxygens (including phenoxy) is 2. The number of methoxy groups -OCH3 is 1. The van der Waals surface area contributed by atoms with Crippen LogP contribution in [0.15, 0.2) is 48.5 Å². The summed E-state index contributed by atoms with van der Waals surface area (Å²) < 4.78 is 10.6. The van der Waals surface area contributed by atoms with Crippen molar-refractivity contribution in [2.45, 2.75) is 58.2 Å². The lowest BCUT2D eigenvalue weighted by atomic mass is 10.0. The molecular formula is C26H33N3O5. The first kappa shape index (κ1) is 25.1. The Morgan fingerprint density at radius 2 is 1.68 bits per heavy atom. The van der Waals surface area contributed by atoms with Crippen LogP contribution < -0.4 is 15.4 Å². The van der Waals surface area contributed by atoms with Crippen LogP contribution in [0.3, 0.4) is 0 Å². The summed E-state index contributed by atoms with van der Waals surface area (Å²) in [7, 11) is 1.57. The molecule has 34 heavy (non-hydrogen) atoms. The third-order valence-corrected chi connectivity index (χ3v) is 5.50. The van der Waals surface area contributed by atoms with E-state index in [0.29, 0.717) is 36.4 Å². The second-order valence-electron chi connectivity index (χ2n) is 9.40. The van der Waals surface area contributed by atoms with Crippen LogP contribution in [-0.2, 0) is 14.3 Å². The number of likely N-dealkylation sites (tertiary alicyclic amines) is 1. The van der Waals surface area contributed by atoms with E-state index in [1.165, 1.54) is 4.90 Å². The van der Waals surface area contributed by atoms with Gasteiger partial charge in [0, 0.05) is 12.2 Å². The fourth-order valence-corrected chi connectivity index (χ4v) is 3.76. The number of hydrogen-bond donors (Lipinski definition) is 2. The van der Waals surface area contributed by atoms with Crippen molar-refractivity contribution in [3.63, 3.8) is 0 Å². The van der Waals surface area contributed by atoms with E-state index in [0.717, 1.165) is 5.56 Å². The molecule has 0 bridgehead atoms.